The fourth-order valence-corrected chi connectivity index (χ4v) is 5.62. The minimum absolute atomic E-state index is 0.755. The summed E-state index contributed by atoms with van der Waals surface area (Å²) in [5, 5.41) is 5.20. The van der Waals surface area contributed by atoms with Gasteiger partial charge >= 0.3 is 0 Å². The summed E-state index contributed by atoms with van der Waals surface area (Å²) in [7, 11) is 0. The van der Waals surface area contributed by atoms with Crippen LogP contribution in [0, 0.1) is 0 Å². The van der Waals surface area contributed by atoms with Crippen molar-refractivity contribution in [1.29, 1.82) is 0 Å². The van der Waals surface area contributed by atoms with Crippen LogP contribution in [0.15, 0.2) is 135 Å². The van der Waals surface area contributed by atoms with E-state index in [2.05, 4.69) is 126 Å². The molecule has 194 valence electrons. The molecule has 0 atom stereocenters. The smallest absolute Gasteiger partial charge is 0.244 e. The van der Waals surface area contributed by atoms with Gasteiger partial charge in [-0.3, -0.25) is 9.97 Å². The topological polar surface area (TPSA) is 43.4 Å². The van der Waals surface area contributed by atoms with Gasteiger partial charge in [-0.05, 0) is 45.8 Å². The zero-order valence-corrected chi connectivity index (χ0v) is 22.2. The van der Waals surface area contributed by atoms with Crippen molar-refractivity contribution < 1.29 is 9.13 Å². The second kappa shape index (κ2) is 10.6. The van der Waals surface area contributed by atoms with Crippen LogP contribution in [-0.4, -0.2) is 19.1 Å². The minimum Gasteiger partial charge on any atom is -0.257 e. The van der Waals surface area contributed by atoms with Crippen LogP contribution in [0.4, 0.5) is 0 Å². The molecule has 7 rings (SSSR count). The number of benzene rings is 3. The first-order valence-corrected chi connectivity index (χ1v) is 13.6. The molecule has 4 heterocycles. The Morgan fingerprint density at radius 3 is 1.27 bits per heavy atom. The Labute approximate surface area is 233 Å². The van der Waals surface area contributed by atoms with Crippen molar-refractivity contribution in [2.24, 2.45) is 0 Å². The normalized spacial score (nSPS) is 11.4. The highest BCUT2D eigenvalue weighted by Gasteiger charge is 2.18. The fraction of sp³-hybridized carbons (Fsp3) is 0.118. The van der Waals surface area contributed by atoms with E-state index in [1.807, 2.05) is 36.7 Å². The van der Waals surface area contributed by atoms with Gasteiger partial charge in [0.05, 0.1) is 11.4 Å². The van der Waals surface area contributed by atoms with Gasteiger partial charge in [0.2, 0.25) is 12.7 Å². The highest BCUT2D eigenvalue weighted by Crippen LogP contribution is 2.33. The molecular formula is C34H30N6+2. The summed E-state index contributed by atoms with van der Waals surface area (Å²) in [5.41, 5.74) is 4.79. The van der Waals surface area contributed by atoms with Crippen LogP contribution in [0.5, 0.6) is 0 Å². The van der Waals surface area contributed by atoms with E-state index in [-0.39, 0.29) is 0 Å². The quantitative estimate of drug-likeness (QED) is 0.205. The van der Waals surface area contributed by atoms with Gasteiger partial charge in [0.25, 0.3) is 0 Å². The standard InChI is InChI=1S/C34H30N6/c1-2-12-30-29(11-1)33(23-39-19-17-37(25-39)21-27-9-5-7-15-35-27)31-13-3-4-14-32(31)34(30)24-40-20-18-38(26-40)22-28-10-6-8-16-36-28/h1-20,25-26H,21-24H2/q+2. The Morgan fingerprint density at radius 2 is 0.900 bits per heavy atom. The van der Waals surface area contributed by atoms with E-state index in [9.17, 15) is 0 Å². The Morgan fingerprint density at radius 1 is 0.500 bits per heavy atom. The lowest BCUT2D eigenvalue weighted by molar-refractivity contribution is -0.687. The van der Waals surface area contributed by atoms with Gasteiger partial charge in [-0.1, -0.05) is 60.7 Å². The van der Waals surface area contributed by atoms with E-state index >= 15 is 0 Å². The number of nitrogens with zero attached hydrogens (tertiary/aromatic N) is 6. The highest BCUT2D eigenvalue weighted by atomic mass is 15.1. The molecule has 0 saturated carbocycles. The summed E-state index contributed by atoms with van der Waals surface area (Å²) in [6.45, 7) is 3.10. The lowest BCUT2D eigenvalue weighted by Gasteiger charge is -2.15. The van der Waals surface area contributed by atoms with Crippen molar-refractivity contribution in [3.05, 3.63) is 157 Å². The van der Waals surface area contributed by atoms with Gasteiger partial charge in [-0.2, -0.15) is 0 Å². The maximum atomic E-state index is 4.48. The van der Waals surface area contributed by atoms with Crippen LogP contribution in [-0.2, 0) is 26.2 Å². The van der Waals surface area contributed by atoms with Crippen molar-refractivity contribution in [1.82, 2.24) is 19.1 Å². The highest BCUT2D eigenvalue weighted by molar-refractivity contribution is 6.05. The maximum Gasteiger partial charge on any atom is 0.244 e. The van der Waals surface area contributed by atoms with Crippen molar-refractivity contribution in [3.8, 4) is 0 Å². The van der Waals surface area contributed by atoms with E-state index in [0.717, 1.165) is 37.6 Å². The predicted octanol–water partition coefficient (Wildman–Crippen LogP) is 5.15. The first-order valence-electron chi connectivity index (χ1n) is 13.6. The molecule has 0 saturated heterocycles. The number of hydrogen-bond donors (Lipinski definition) is 0. The fourth-order valence-electron chi connectivity index (χ4n) is 5.62. The predicted molar refractivity (Wildman–Crippen MR) is 156 cm³/mol. The van der Waals surface area contributed by atoms with Gasteiger partial charge in [-0.15, -0.1) is 0 Å². The molecule has 7 aromatic rings. The maximum absolute atomic E-state index is 4.48. The van der Waals surface area contributed by atoms with Crippen molar-refractivity contribution in [2.45, 2.75) is 26.2 Å². The van der Waals surface area contributed by atoms with E-state index in [1.54, 1.807) is 0 Å². The van der Waals surface area contributed by atoms with Crippen molar-refractivity contribution >= 4 is 21.5 Å². The molecule has 40 heavy (non-hydrogen) atoms. The molecule has 6 nitrogen and oxygen atoms in total. The van der Waals surface area contributed by atoms with Crippen molar-refractivity contribution in [3.63, 3.8) is 0 Å². The zero-order chi connectivity index (χ0) is 26.7. The molecule has 0 N–H and O–H groups in total. The Hall–Kier alpha value is -5.10. The van der Waals surface area contributed by atoms with Gasteiger partial charge in [0.15, 0.2) is 0 Å². The van der Waals surface area contributed by atoms with E-state index in [4.69, 9.17) is 0 Å². The van der Waals surface area contributed by atoms with Gasteiger partial charge in [0.1, 0.15) is 51.0 Å². The molecule has 3 aromatic carbocycles. The summed E-state index contributed by atoms with van der Waals surface area (Å²) < 4.78 is 8.91. The summed E-state index contributed by atoms with van der Waals surface area (Å²) in [6, 6.07) is 29.8. The molecule has 0 aliphatic rings. The van der Waals surface area contributed by atoms with Crippen LogP contribution in [0.25, 0.3) is 21.5 Å². The minimum atomic E-state index is 0.755. The molecule has 0 fully saturated rings. The van der Waals surface area contributed by atoms with Crippen LogP contribution in [0.1, 0.15) is 22.5 Å². The van der Waals surface area contributed by atoms with Gasteiger partial charge < -0.3 is 0 Å². The molecular weight excluding hydrogens is 492 g/mol. The number of hydrogen-bond acceptors (Lipinski definition) is 2. The molecule has 0 aliphatic heterocycles. The Bertz CT molecular complexity index is 1710. The van der Waals surface area contributed by atoms with E-state index in [1.165, 1.54) is 32.7 Å². The van der Waals surface area contributed by atoms with Crippen LogP contribution >= 0.6 is 0 Å². The van der Waals surface area contributed by atoms with Crippen LogP contribution in [0.2, 0.25) is 0 Å². The third kappa shape index (κ3) is 4.87. The Balaban J connectivity index is 1.24. The second-order valence-electron chi connectivity index (χ2n) is 10.2. The summed E-state index contributed by atoms with van der Waals surface area (Å²) in [6.07, 6.45) is 16.6. The van der Waals surface area contributed by atoms with Crippen LogP contribution < -0.4 is 9.13 Å². The second-order valence-corrected chi connectivity index (χ2v) is 10.2. The first-order chi connectivity index (χ1) is 19.8. The largest absolute Gasteiger partial charge is 0.257 e. The number of imidazole rings is 2. The molecule has 0 spiro atoms. The number of pyridine rings is 2. The lowest BCUT2D eigenvalue weighted by Crippen LogP contribution is -2.33. The Kier molecular flexibility index (Phi) is 6.34. The monoisotopic (exact) mass is 522 g/mol. The average Bonchev–Trinajstić information content (AvgIpc) is 3.64. The molecule has 0 bridgehead atoms. The summed E-state index contributed by atoms with van der Waals surface area (Å²) in [4.78, 5) is 8.96. The molecule has 0 radical (unpaired) electrons. The summed E-state index contributed by atoms with van der Waals surface area (Å²) >= 11 is 0. The number of fused-ring (bicyclic) bond motifs is 2. The summed E-state index contributed by atoms with van der Waals surface area (Å²) in [5.74, 6) is 0. The van der Waals surface area contributed by atoms with Gasteiger partial charge in [0, 0.05) is 23.5 Å². The lowest BCUT2D eigenvalue weighted by atomic mass is 9.91. The average molecular weight is 523 g/mol. The number of rotatable bonds is 8. The van der Waals surface area contributed by atoms with E-state index in [0.29, 0.717) is 0 Å². The van der Waals surface area contributed by atoms with Gasteiger partial charge in [-0.25, -0.2) is 18.3 Å². The molecule has 6 heteroatoms. The third-order valence-electron chi connectivity index (χ3n) is 7.47. The first kappa shape index (κ1) is 24.0. The number of aromatic nitrogens is 6. The van der Waals surface area contributed by atoms with Crippen LogP contribution in [0.3, 0.4) is 0 Å². The molecule has 0 unspecified atom stereocenters. The van der Waals surface area contributed by atoms with Crippen molar-refractivity contribution in [2.75, 3.05) is 0 Å². The molecule has 4 aromatic heterocycles. The SMILES string of the molecule is c1ccc(Cn2cc[n+](Cc3c4ccccc4c(C[n+]4ccn(Cc5ccccn5)c4)c4ccccc34)c2)nc1. The molecule has 0 amide bonds. The third-order valence-corrected chi connectivity index (χ3v) is 7.47. The zero-order valence-electron chi connectivity index (χ0n) is 22.2. The van der Waals surface area contributed by atoms with E-state index < -0.39 is 0 Å². The molecule has 0 aliphatic carbocycles.